The van der Waals surface area contributed by atoms with Crippen molar-refractivity contribution in [1.82, 2.24) is 0 Å². The number of para-hydroxylation sites is 1. The minimum absolute atomic E-state index is 0.0354. The number of carbonyl (C=O) groups is 3. The van der Waals surface area contributed by atoms with E-state index in [4.69, 9.17) is 9.47 Å². The van der Waals surface area contributed by atoms with Gasteiger partial charge in [0.25, 0.3) is 5.91 Å². The second-order valence-electron chi connectivity index (χ2n) is 7.98. The molecule has 7 heteroatoms. The summed E-state index contributed by atoms with van der Waals surface area (Å²) in [4.78, 5) is 38.9. The topological polar surface area (TPSA) is 84.9 Å². The zero-order chi connectivity index (χ0) is 22.5. The van der Waals surface area contributed by atoms with Gasteiger partial charge < -0.3 is 19.7 Å². The largest absolute Gasteiger partial charge is 0.495 e. The minimum Gasteiger partial charge on any atom is -0.495 e. The Bertz CT molecular complexity index is 986. The van der Waals surface area contributed by atoms with Crippen LogP contribution in [0.4, 0.5) is 11.4 Å². The quantitative estimate of drug-likeness (QED) is 0.686. The molecule has 1 saturated heterocycles. The fourth-order valence-corrected chi connectivity index (χ4v) is 3.66. The summed E-state index contributed by atoms with van der Waals surface area (Å²) in [6.07, 6.45) is 0.0354. The van der Waals surface area contributed by atoms with Crippen molar-refractivity contribution in [3.63, 3.8) is 0 Å². The van der Waals surface area contributed by atoms with Crippen LogP contribution in [0.15, 0.2) is 42.5 Å². The summed E-state index contributed by atoms with van der Waals surface area (Å²) < 4.78 is 10.6. The third-order valence-electron chi connectivity index (χ3n) is 5.29. The van der Waals surface area contributed by atoms with E-state index < -0.39 is 24.4 Å². The number of methoxy groups -OCH3 is 1. The first-order chi connectivity index (χ1) is 14.8. The standard InChI is InChI=1S/C24H28N2O5/c1-15(2)18-7-5-6-8-19(18)25-22(27)14-31-24(29)17-12-23(28)26(13-17)20-11-16(3)9-10-21(20)30-4/h5-11,15,17H,12-14H2,1-4H3,(H,25,27)/t17-/m0/s1. The molecule has 1 aliphatic heterocycles. The Hall–Kier alpha value is -3.35. The number of ether oxygens (including phenoxy) is 2. The summed E-state index contributed by atoms with van der Waals surface area (Å²) in [5.41, 5.74) is 3.32. The van der Waals surface area contributed by atoms with E-state index in [9.17, 15) is 14.4 Å². The number of nitrogens with one attached hydrogen (secondary N) is 1. The first kappa shape index (κ1) is 22.3. The van der Waals surface area contributed by atoms with Gasteiger partial charge in [-0.05, 0) is 42.2 Å². The molecule has 0 aliphatic carbocycles. The molecule has 2 aromatic rings. The highest BCUT2D eigenvalue weighted by molar-refractivity contribution is 6.01. The van der Waals surface area contributed by atoms with Crippen molar-refractivity contribution in [2.45, 2.75) is 33.1 Å². The molecule has 0 saturated carbocycles. The van der Waals surface area contributed by atoms with Gasteiger partial charge in [-0.15, -0.1) is 0 Å². The lowest BCUT2D eigenvalue weighted by Crippen LogP contribution is -2.28. The van der Waals surface area contributed by atoms with Gasteiger partial charge in [0, 0.05) is 18.7 Å². The van der Waals surface area contributed by atoms with Crippen LogP contribution in [0.1, 0.15) is 37.3 Å². The van der Waals surface area contributed by atoms with Gasteiger partial charge in [-0.1, -0.05) is 38.1 Å². The molecule has 1 fully saturated rings. The van der Waals surface area contributed by atoms with Gasteiger partial charge in [-0.25, -0.2) is 0 Å². The van der Waals surface area contributed by atoms with Crippen molar-refractivity contribution >= 4 is 29.2 Å². The highest BCUT2D eigenvalue weighted by Crippen LogP contribution is 2.34. The maximum absolute atomic E-state index is 12.5. The molecule has 0 radical (unpaired) electrons. The van der Waals surface area contributed by atoms with Gasteiger partial charge in [0.05, 0.1) is 18.7 Å². The normalized spacial score (nSPS) is 15.8. The predicted octanol–water partition coefficient (Wildman–Crippen LogP) is 3.66. The maximum Gasteiger partial charge on any atom is 0.311 e. The monoisotopic (exact) mass is 424 g/mol. The molecule has 0 bridgehead atoms. The van der Waals surface area contributed by atoms with Crippen LogP contribution in [0.5, 0.6) is 5.75 Å². The molecule has 1 N–H and O–H groups in total. The van der Waals surface area contributed by atoms with Crippen molar-refractivity contribution in [3.05, 3.63) is 53.6 Å². The molecule has 2 aromatic carbocycles. The molecule has 7 nitrogen and oxygen atoms in total. The van der Waals surface area contributed by atoms with Crippen LogP contribution >= 0.6 is 0 Å². The van der Waals surface area contributed by atoms with Gasteiger partial charge >= 0.3 is 5.97 Å². The van der Waals surface area contributed by atoms with Gasteiger partial charge in [-0.2, -0.15) is 0 Å². The second kappa shape index (κ2) is 9.64. The van der Waals surface area contributed by atoms with E-state index in [1.165, 1.54) is 12.0 Å². The summed E-state index contributed by atoms with van der Waals surface area (Å²) in [5.74, 6) is -0.975. The number of hydrogen-bond acceptors (Lipinski definition) is 5. The van der Waals surface area contributed by atoms with Crippen LogP contribution in [0.2, 0.25) is 0 Å². The van der Waals surface area contributed by atoms with E-state index in [1.807, 2.05) is 57.2 Å². The molecule has 2 amide bonds. The maximum atomic E-state index is 12.5. The number of carbonyl (C=O) groups excluding carboxylic acids is 3. The van der Waals surface area contributed by atoms with Gasteiger partial charge in [0.15, 0.2) is 6.61 Å². The van der Waals surface area contributed by atoms with Crippen LogP contribution in [0, 0.1) is 12.8 Å². The molecular weight excluding hydrogens is 396 g/mol. The van der Waals surface area contributed by atoms with Crippen LogP contribution < -0.4 is 15.0 Å². The Morgan fingerprint density at radius 1 is 1.19 bits per heavy atom. The summed E-state index contributed by atoms with van der Waals surface area (Å²) >= 11 is 0. The van der Waals surface area contributed by atoms with E-state index in [0.717, 1.165) is 11.1 Å². The number of hydrogen-bond donors (Lipinski definition) is 1. The number of esters is 1. The summed E-state index contributed by atoms with van der Waals surface area (Å²) in [6, 6.07) is 13.1. The van der Waals surface area contributed by atoms with E-state index in [1.54, 1.807) is 6.07 Å². The Morgan fingerprint density at radius 3 is 2.65 bits per heavy atom. The van der Waals surface area contributed by atoms with Crippen LogP contribution in [-0.2, 0) is 19.1 Å². The Balaban J connectivity index is 1.59. The zero-order valence-electron chi connectivity index (χ0n) is 18.3. The fourth-order valence-electron chi connectivity index (χ4n) is 3.66. The molecule has 1 aliphatic rings. The lowest BCUT2D eigenvalue weighted by atomic mass is 10.0. The number of amides is 2. The highest BCUT2D eigenvalue weighted by Gasteiger charge is 2.37. The zero-order valence-corrected chi connectivity index (χ0v) is 18.3. The Morgan fingerprint density at radius 2 is 1.94 bits per heavy atom. The molecule has 1 heterocycles. The number of benzene rings is 2. The van der Waals surface area contributed by atoms with Crippen molar-refractivity contribution in [3.8, 4) is 5.75 Å². The van der Waals surface area contributed by atoms with Crippen molar-refractivity contribution in [1.29, 1.82) is 0 Å². The number of rotatable bonds is 7. The van der Waals surface area contributed by atoms with E-state index in [-0.39, 0.29) is 24.8 Å². The molecule has 0 aromatic heterocycles. The molecule has 1 atom stereocenters. The summed E-state index contributed by atoms with van der Waals surface area (Å²) in [5, 5.41) is 2.79. The van der Waals surface area contributed by atoms with Crippen molar-refractivity contribution in [2.75, 3.05) is 30.5 Å². The average molecular weight is 424 g/mol. The Labute approximate surface area is 182 Å². The molecule has 0 spiro atoms. The lowest BCUT2D eigenvalue weighted by molar-refractivity contribution is -0.151. The molecule has 164 valence electrons. The highest BCUT2D eigenvalue weighted by atomic mass is 16.5. The predicted molar refractivity (Wildman–Crippen MR) is 118 cm³/mol. The van der Waals surface area contributed by atoms with Gasteiger partial charge in [-0.3, -0.25) is 14.4 Å². The molecule has 31 heavy (non-hydrogen) atoms. The molecule has 3 rings (SSSR count). The van der Waals surface area contributed by atoms with Crippen LogP contribution in [0.25, 0.3) is 0 Å². The first-order valence-electron chi connectivity index (χ1n) is 10.3. The average Bonchev–Trinajstić information content (AvgIpc) is 3.13. The molecular formula is C24H28N2O5. The molecule has 0 unspecified atom stereocenters. The fraction of sp³-hybridized carbons (Fsp3) is 0.375. The third-order valence-corrected chi connectivity index (χ3v) is 5.29. The minimum atomic E-state index is -0.631. The first-order valence-corrected chi connectivity index (χ1v) is 10.3. The lowest BCUT2D eigenvalue weighted by Gasteiger charge is -2.20. The van der Waals surface area contributed by atoms with Crippen LogP contribution in [0.3, 0.4) is 0 Å². The number of anilines is 2. The smallest absolute Gasteiger partial charge is 0.311 e. The van der Waals surface area contributed by atoms with E-state index in [2.05, 4.69) is 5.32 Å². The van der Waals surface area contributed by atoms with E-state index >= 15 is 0 Å². The van der Waals surface area contributed by atoms with Gasteiger partial charge in [0.2, 0.25) is 5.91 Å². The van der Waals surface area contributed by atoms with Gasteiger partial charge in [0.1, 0.15) is 5.75 Å². The van der Waals surface area contributed by atoms with Crippen molar-refractivity contribution in [2.24, 2.45) is 5.92 Å². The third kappa shape index (κ3) is 5.23. The summed E-state index contributed by atoms with van der Waals surface area (Å²) in [7, 11) is 1.54. The summed E-state index contributed by atoms with van der Waals surface area (Å²) in [6.45, 7) is 5.79. The SMILES string of the molecule is COc1ccc(C)cc1N1C[C@@H](C(=O)OCC(=O)Nc2ccccc2C(C)C)CC1=O. The number of aryl methyl sites for hydroxylation is 1. The number of nitrogens with zero attached hydrogens (tertiary/aromatic N) is 1. The van der Waals surface area contributed by atoms with E-state index in [0.29, 0.717) is 17.1 Å². The van der Waals surface area contributed by atoms with Crippen molar-refractivity contribution < 1.29 is 23.9 Å². The Kier molecular flexibility index (Phi) is 6.95. The second-order valence-corrected chi connectivity index (χ2v) is 7.98. The van der Waals surface area contributed by atoms with Crippen LogP contribution in [-0.4, -0.2) is 38.0 Å².